The number of hydrogen-bond acceptors (Lipinski definition) is 5. The Kier molecular flexibility index (Phi) is 6.27. The van der Waals surface area contributed by atoms with Crippen LogP contribution in [0.4, 0.5) is 0 Å². The Balaban J connectivity index is 2.09. The number of allylic oxidation sites excluding steroid dienone is 1. The van der Waals surface area contributed by atoms with Crippen LogP contribution in [-0.2, 0) is 10.0 Å². The van der Waals surface area contributed by atoms with Gasteiger partial charge in [-0.3, -0.25) is 0 Å². The van der Waals surface area contributed by atoms with Crippen molar-refractivity contribution < 1.29 is 13.5 Å². The molecule has 130 valence electrons. The Hall–Kier alpha value is -0.440. The van der Waals surface area contributed by atoms with Gasteiger partial charge in [-0.05, 0) is 50.2 Å². The van der Waals surface area contributed by atoms with Crippen molar-refractivity contribution in [2.24, 2.45) is 11.7 Å². The number of rotatable bonds is 7. The van der Waals surface area contributed by atoms with Gasteiger partial charge >= 0.3 is 0 Å². The second kappa shape index (κ2) is 7.63. The maximum absolute atomic E-state index is 12.4. The average Bonchev–Trinajstić information content (AvgIpc) is 2.95. The summed E-state index contributed by atoms with van der Waals surface area (Å²) in [6, 6.07) is 2.28. The number of nitrogens with two attached hydrogens (primary N) is 1. The van der Waals surface area contributed by atoms with Crippen molar-refractivity contribution in [3.05, 3.63) is 29.1 Å². The minimum absolute atomic E-state index is 0.130. The second-order valence-electron chi connectivity index (χ2n) is 6.12. The fraction of sp³-hybridized carbons (Fsp3) is 0.600. The first kappa shape index (κ1) is 18.9. The number of halogens is 1. The molecule has 8 heteroatoms. The van der Waals surface area contributed by atoms with E-state index in [9.17, 15) is 13.5 Å². The van der Waals surface area contributed by atoms with Gasteiger partial charge < -0.3 is 10.8 Å². The number of thiophene rings is 1. The molecular weight excluding hydrogens is 356 g/mol. The van der Waals surface area contributed by atoms with Gasteiger partial charge in [-0.1, -0.05) is 17.7 Å². The molecule has 0 amide bonds. The van der Waals surface area contributed by atoms with Crippen molar-refractivity contribution in [1.29, 1.82) is 0 Å². The summed E-state index contributed by atoms with van der Waals surface area (Å²) in [5, 5.41) is 9.68. The lowest BCUT2D eigenvalue weighted by Gasteiger charge is -2.42. The smallest absolute Gasteiger partial charge is 0.250 e. The summed E-state index contributed by atoms with van der Waals surface area (Å²) in [5.41, 5.74) is 5.69. The molecule has 0 radical (unpaired) electrons. The SMILES string of the molecule is C=CCC1CCC(N)([C@@H](CO)NS(=O)(=O)c2ccc(Cl)s2)CC1. The first-order valence-corrected chi connectivity index (χ1v) is 10.3. The van der Waals surface area contributed by atoms with Crippen molar-refractivity contribution in [3.8, 4) is 0 Å². The topological polar surface area (TPSA) is 92.4 Å². The molecule has 1 atom stereocenters. The van der Waals surface area contributed by atoms with E-state index < -0.39 is 21.6 Å². The number of aliphatic hydroxyl groups is 1. The van der Waals surface area contributed by atoms with E-state index in [0.29, 0.717) is 23.1 Å². The van der Waals surface area contributed by atoms with Gasteiger partial charge in [0.25, 0.3) is 0 Å². The zero-order chi connectivity index (χ0) is 17.1. The highest BCUT2D eigenvalue weighted by Gasteiger charge is 2.40. The zero-order valence-electron chi connectivity index (χ0n) is 12.9. The first-order chi connectivity index (χ1) is 10.8. The maximum Gasteiger partial charge on any atom is 0.250 e. The second-order valence-corrected chi connectivity index (χ2v) is 9.77. The summed E-state index contributed by atoms with van der Waals surface area (Å²) in [6.45, 7) is 3.42. The average molecular weight is 379 g/mol. The molecule has 23 heavy (non-hydrogen) atoms. The van der Waals surface area contributed by atoms with Crippen molar-refractivity contribution in [3.63, 3.8) is 0 Å². The first-order valence-electron chi connectivity index (χ1n) is 7.59. The number of sulfonamides is 1. The standard InChI is InChI=1S/C15H23ClN2O3S2/c1-2-3-11-6-8-15(17,9-7-11)12(10-19)18-23(20,21)14-5-4-13(16)22-14/h2,4-5,11-12,18-19H,1,3,6-10,17H2/t11?,12-,15?/m1/s1. The molecule has 1 saturated carbocycles. The van der Waals surface area contributed by atoms with Gasteiger partial charge in [0.1, 0.15) is 4.21 Å². The van der Waals surface area contributed by atoms with Crippen molar-refractivity contribution in [1.82, 2.24) is 4.72 Å². The quantitative estimate of drug-likeness (QED) is 0.635. The molecule has 0 aliphatic heterocycles. The Morgan fingerprint density at radius 3 is 2.65 bits per heavy atom. The van der Waals surface area contributed by atoms with Crippen molar-refractivity contribution >= 4 is 33.0 Å². The maximum atomic E-state index is 12.4. The number of hydrogen-bond donors (Lipinski definition) is 3. The summed E-state index contributed by atoms with van der Waals surface area (Å²) >= 11 is 6.78. The van der Waals surface area contributed by atoms with E-state index in [4.69, 9.17) is 17.3 Å². The summed E-state index contributed by atoms with van der Waals surface area (Å²) < 4.78 is 27.9. The summed E-state index contributed by atoms with van der Waals surface area (Å²) in [6.07, 6.45) is 6.01. The van der Waals surface area contributed by atoms with E-state index in [2.05, 4.69) is 11.3 Å². The molecule has 2 rings (SSSR count). The lowest BCUT2D eigenvalue weighted by molar-refractivity contribution is 0.140. The van der Waals surface area contributed by atoms with Gasteiger partial charge in [-0.25, -0.2) is 13.1 Å². The molecule has 1 fully saturated rings. The Morgan fingerprint density at radius 1 is 1.52 bits per heavy atom. The molecule has 4 N–H and O–H groups in total. The monoisotopic (exact) mass is 378 g/mol. The third kappa shape index (κ3) is 4.55. The van der Waals surface area contributed by atoms with E-state index >= 15 is 0 Å². The highest BCUT2D eigenvalue weighted by Crippen LogP contribution is 2.35. The normalized spacial score (nSPS) is 26.8. The Labute approximate surface area is 146 Å². The van der Waals surface area contributed by atoms with Crippen molar-refractivity contribution in [2.75, 3.05) is 6.61 Å². The van der Waals surface area contributed by atoms with Crippen LogP contribution in [0.1, 0.15) is 32.1 Å². The summed E-state index contributed by atoms with van der Waals surface area (Å²) in [4.78, 5) is 0. The van der Waals surface area contributed by atoms with E-state index in [1.807, 2.05) is 6.08 Å². The predicted octanol–water partition coefficient (Wildman–Crippen LogP) is 2.50. The van der Waals surface area contributed by atoms with Gasteiger partial charge in [0.05, 0.1) is 17.0 Å². The van der Waals surface area contributed by atoms with Crippen LogP contribution < -0.4 is 10.5 Å². The number of aliphatic hydroxyl groups excluding tert-OH is 1. The van der Waals surface area contributed by atoms with Crippen LogP contribution >= 0.6 is 22.9 Å². The molecule has 1 aliphatic rings. The molecule has 0 spiro atoms. The van der Waals surface area contributed by atoms with Crippen LogP contribution in [0.3, 0.4) is 0 Å². The minimum Gasteiger partial charge on any atom is -0.395 e. The van der Waals surface area contributed by atoms with Gasteiger partial charge in [0, 0.05) is 5.54 Å². The molecule has 0 bridgehead atoms. The van der Waals surface area contributed by atoms with Gasteiger partial charge in [-0.15, -0.1) is 17.9 Å². The summed E-state index contributed by atoms with van der Waals surface area (Å²) in [5.74, 6) is 0.538. The molecule has 0 aromatic carbocycles. The van der Waals surface area contributed by atoms with Crippen LogP contribution in [0.15, 0.2) is 29.0 Å². The predicted molar refractivity (Wildman–Crippen MR) is 94.2 cm³/mol. The molecule has 1 heterocycles. The molecule has 1 aromatic rings. The van der Waals surface area contributed by atoms with Crippen molar-refractivity contribution in [2.45, 2.75) is 47.9 Å². The van der Waals surface area contributed by atoms with Gasteiger partial charge in [0.2, 0.25) is 10.0 Å². The van der Waals surface area contributed by atoms with E-state index in [-0.39, 0.29) is 10.8 Å². The van der Waals surface area contributed by atoms with Crippen LogP contribution in [0.2, 0.25) is 4.34 Å². The van der Waals surface area contributed by atoms with E-state index in [0.717, 1.165) is 30.6 Å². The molecule has 1 aliphatic carbocycles. The fourth-order valence-electron chi connectivity index (χ4n) is 3.06. The summed E-state index contributed by atoms with van der Waals surface area (Å²) in [7, 11) is -3.73. The highest BCUT2D eigenvalue weighted by molar-refractivity contribution is 7.91. The molecular formula is C15H23ClN2O3S2. The largest absolute Gasteiger partial charge is 0.395 e. The lowest BCUT2D eigenvalue weighted by Crippen LogP contribution is -2.61. The highest BCUT2D eigenvalue weighted by atomic mass is 35.5. The third-order valence-electron chi connectivity index (χ3n) is 4.52. The van der Waals surface area contributed by atoms with Crippen LogP contribution in [0, 0.1) is 5.92 Å². The molecule has 1 aromatic heterocycles. The third-order valence-corrected chi connectivity index (χ3v) is 7.72. The molecule has 0 unspecified atom stereocenters. The Bertz CT molecular complexity index is 637. The number of nitrogens with one attached hydrogen (secondary N) is 1. The van der Waals surface area contributed by atoms with Gasteiger partial charge in [0.15, 0.2) is 0 Å². The lowest BCUT2D eigenvalue weighted by atomic mass is 9.72. The Morgan fingerprint density at radius 2 is 2.17 bits per heavy atom. The van der Waals surface area contributed by atoms with E-state index in [1.165, 1.54) is 12.1 Å². The van der Waals surface area contributed by atoms with Crippen LogP contribution in [-0.4, -0.2) is 31.7 Å². The fourth-order valence-corrected chi connectivity index (χ4v) is 5.87. The van der Waals surface area contributed by atoms with E-state index in [1.54, 1.807) is 0 Å². The van der Waals surface area contributed by atoms with Gasteiger partial charge in [-0.2, -0.15) is 0 Å². The van der Waals surface area contributed by atoms with Crippen LogP contribution in [0.5, 0.6) is 0 Å². The molecule has 5 nitrogen and oxygen atoms in total. The minimum atomic E-state index is -3.73. The molecule has 0 saturated heterocycles. The zero-order valence-corrected chi connectivity index (χ0v) is 15.3. The van der Waals surface area contributed by atoms with Crippen LogP contribution in [0.25, 0.3) is 0 Å².